The van der Waals surface area contributed by atoms with Crippen LogP contribution in [0.1, 0.15) is 65.7 Å². The molecule has 0 aromatic carbocycles. The highest BCUT2D eigenvalue weighted by Gasteiger charge is 2.36. The summed E-state index contributed by atoms with van der Waals surface area (Å²) in [6, 6.07) is 0.665. The van der Waals surface area contributed by atoms with Gasteiger partial charge in [-0.3, -0.25) is 4.90 Å². The number of hydrogen-bond donors (Lipinski definition) is 1. The third-order valence-electron chi connectivity index (χ3n) is 4.84. The summed E-state index contributed by atoms with van der Waals surface area (Å²) >= 11 is 0. The van der Waals surface area contributed by atoms with Crippen molar-refractivity contribution in [1.29, 1.82) is 0 Å². The third-order valence-corrected chi connectivity index (χ3v) is 4.84. The summed E-state index contributed by atoms with van der Waals surface area (Å²) in [4.78, 5) is 2.69. The summed E-state index contributed by atoms with van der Waals surface area (Å²) in [7, 11) is 0. The van der Waals surface area contributed by atoms with E-state index >= 15 is 0 Å². The van der Waals surface area contributed by atoms with Gasteiger partial charge in [0, 0.05) is 12.0 Å². The van der Waals surface area contributed by atoms with Crippen LogP contribution >= 0.6 is 0 Å². The number of piperidine rings is 1. The molecule has 0 amide bonds. The highest BCUT2D eigenvalue weighted by atomic mass is 16.3. The fraction of sp³-hybridized carbons (Fsp3) is 1.00. The number of aliphatic hydroxyl groups excluding tert-OH is 1. The molecule has 0 aromatic rings. The lowest BCUT2D eigenvalue weighted by Gasteiger charge is -2.41. The van der Waals surface area contributed by atoms with Gasteiger partial charge in [-0.2, -0.15) is 0 Å². The zero-order valence-electron chi connectivity index (χ0n) is 12.5. The zero-order chi connectivity index (χ0) is 13.2. The van der Waals surface area contributed by atoms with E-state index in [0.29, 0.717) is 17.4 Å². The quantitative estimate of drug-likeness (QED) is 0.833. The lowest BCUT2D eigenvalue weighted by atomic mass is 9.86. The molecule has 2 nitrogen and oxygen atoms in total. The van der Waals surface area contributed by atoms with E-state index in [1.165, 1.54) is 51.6 Å². The van der Waals surface area contributed by atoms with E-state index in [1.54, 1.807) is 0 Å². The topological polar surface area (TPSA) is 23.5 Å². The summed E-state index contributed by atoms with van der Waals surface area (Å²) in [6.45, 7) is 9.46. The molecule has 3 unspecified atom stereocenters. The van der Waals surface area contributed by atoms with E-state index < -0.39 is 0 Å². The molecule has 2 aliphatic rings. The largest absolute Gasteiger partial charge is 0.393 e. The van der Waals surface area contributed by atoms with Gasteiger partial charge in [-0.25, -0.2) is 0 Å². The predicted octanol–water partition coefficient (Wildman–Crippen LogP) is 3.44. The van der Waals surface area contributed by atoms with Crippen LogP contribution in [0.3, 0.4) is 0 Å². The lowest BCUT2D eigenvalue weighted by Crippen LogP contribution is -2.47. The van der Waals surface area contributed by atoms with Gasteiger partial charge < -0.3 is 5.11 Å². The van der Waals surface area contributed by atoms with Gasteiger partial charge in [0.05, 0.1) is 6.10 Å². The van der Waals surface area contributed by atoms with E-state index in [2.05, 4.69) is 25.7 Å². The molecule has 1 N–H and O–H groups in total. The average Bonchev–Trinajstić information content (AvgIpc) is 2.72. The molecule has 1 saturated carbocycles. The molecule has 0 spiro atoms. The molecule has 1 heterocycles. The van der Waals surface area contributed by atoms with Gasteiger partial charge in [-0.1, -0.05) is 33.6 Å². The van der Waals surface area contributed by atoms with E-state index in [-0.39, 0.29) is 6.10 Å². The molecule has 1 aliphatic heterocycles. The fourth-order valence-electron chi connectivity index (χ4n) is 3.68. The Morgan fingerprint density at radius 1 is 1.06 bits per heavy atom. The van der Waals surface area contributed by atoms with Crippen LogP contribution in [0.2, 0.25) is 0 Å². The van der Waals surface area contributed by atoms with Crippen LogP contribution in [0.15, 0.2) is 0 Å². The van der Waals surface area contributed by atoms with Crippen LogP contribution in [0.5, 0.6) is 0 Å². The second kappa shape index (κ2) is 5.92. The summed E-state index contributed by atoms with van der Waals surface area (Å²) in [6.07, 6.45) is 8.79. The van der Waals surface area contributed by atoms with Crippen molar-refractivity contribution in [3.05, 3.63) is 0 Å². The molecule has 0 bridgehead atoms. The number of rotatable bonds is 3. The van der Waals surface area contributed by atoms with Crippen LogP contribution in [0.4, 0.5) is 0 Å². The maximum atomic E-state index is 10.2. The minimum Gasteiger partial charge on any atom is -0.393 e. The Hall–Kier alpha value is -0.0800. The highest BCUT2D eigenvalue weighted by molar-refractivity contribution is 4.90. The molecule has 1 aliphatic carbocycles. The Morgan fingerprint density at radius 3 is 2.44 bits per heavy atom. The van der Waals surface area contributed by atoms with E-state index in [1.807, 2.05) is 0 Å². The first-order valence-electron chi connectivity index (χ1n) is 7.89. The molecular formula is C16H31NO. The molecule has 2 heteroatoms. The van der Waals surface area contributed by atoms with Crippen molar-refractivity contribution in [2.75, 3.05) is 13.1 Å². The van der Waals surface area contributed by atoms with Crippen molar-refractivity contribution in [1.82, 2.24) is 4.90 Å². The highest BCUT2D eigenvalue weighted by Crippen LogP contribution is 2.35. The van der Waals surface area contributed by atoms with Crippen LogP contribution in [0.25, 0.3) is 0 Å². The Kier molecular flexibility index (Phi) is 4.71. The first-order valence-corrected chi connectivity index (χ1v) is 7.89. The first-order chi connectivity index (χ1) is 8.47. The van der Waals surface area contributed by atoms with E-state index in [4.69, 9.17) is 0 Å². The van der Waals surface area contributed by atoms with Gasteiger partial charge in [0.1, 0.15) is 0 Å². The molecule has 18 heavy (non-hydrogen) atoms. The molecule has 106 valence electrons. The van der Waals surface area contributed by atoms with Crippen LogP contribution in [-0.2, 0) is 0 Å². The van der Waals surface area contributed by atoms with Gasteiger partial charge in [0.2, 0.25) is 0 Å². The minimum absolute atomic E-state index is 0.0229. The summed E-state index contributed by atoms with van der Waals surface area (Å²) in [5, 5.41) is 10.2. The fourth-order valence-corrected chi connectivity index (χ4v) is 3.68. The minimum atomic E-state index is -0.0229. The normalized spacial score (nSPS) is 35.0. The Bertz CT molecular complexity index is 258. The Balaban J connectivity index is 1.93. The zero-order valence-corrected chi connectivity index (χ0v) is 12.5. The van der Waals surface area contributed by atoms with Gasteiger partial charge in [0.25, 0.3) is 0 Å². The van der Waals surface area contributed by atoms with Gasteiger partial charge in [-0.15, -0.1) is 0 Å². The molecular weight excluding hydrogens is 222 g/mol. The lowest BCUT2D eigenvalue weighted by molar-refractivity contribution is 0.0306. The van der Waals surface area contributed by atoms with Crippen LogP contribution in [0, 0.1) is 11.3 Å². The first kappa shape index (κ1) is 14.3. The second-order valence-corrected chi connectivity index (χ2v) is 7.57. The molecule has 0 radical (unpaired) electrons. The van der Waals surface area contributed by atoms with E-state index in [0.717, 1.165) is 6.42 Å². The third kappa shape index (κ3) is 3.71. The standard InChI is InChI=1S/C16H31NO/c1-16(2,3)10-12-17-11-5-4-8-14(17)13-7-6-9-15(13)18/h13-15,18H,4-12H2,1-3H3. The van der Waals surface area contributed by atoms with Crippen molar-refractivity contribution >= 4 is 0 Å². The van der Waals surface area contributed by atoms with E-state index in [9.17, 15) is 5.11 Å². The van der Waals surface area contributed by atoms with Crippen molar-refractivity contribution in [2.45, 2.75) is 77.9 Å². The summed E-state index contributed by atoms with van der Waals surface area (Å²) in [5.74, 6) is 0.560. The van der Waals surface area contributed by atoms with Crippen LogP contribution in [-0.4, -0.2) is 35.2 Å². The number of nitrogens with zero attached hydrogens (tertiary/aromatic N) is 1. The van der Waals surface area contributed by atoms with Crippen molar-refractivity contribution in [3.8, 4) is 0 Å². The molecule has 1 saturated heterocycles. The Morgan fingerprint density at radius 2 is 1.83 bits per heavy atom. The molecule has 2 rings (SSSR count). The SMILES string of the molecule is CC(C)(C)CCN1CCCCC1C1CCCC1O. The molecule has 2 fully saturated rings. The van der Waals surface area contributed by atoms with Gasteiger partial charge >= 0.3 is 0 Å². The van der Waals surface area contributed by atoms with Crippen LogP contribution < -0.4 is 0 Å². The predicted molar refractivity (Wildman–Crippen MR) is 76.6 cm³/mol. The smallest absolute Gasteiger partial charge is 0.0583 e. The average molecular weight is 253 g/mol. The number of likely N-dealkylation sites (tertiary alicyclic amines) is 1. The second-order valence-electron chi connectivity index (χ2n) is 7.57. The maximum absolute atomic E-state index is 10.2. The Labute approximate surface area is 113 Å². The van der Waals surface area contributed by atoms with Gasteiger partial charge in [-0.05, 0) is 50.6 Å². The molecule has 0 aromatic heterocycles. The van der Waals surface area contributed by atoms with Crippen molar-refractivity contribution in [3.63, 3.8) is 0 Å². The van der Waals surface area contributed by atoms with Crippen molar-refractivity contribution in [2.24, 2.45) is 11.3 Å². The molecule has 3 atom stereocenters. The maximum Gasteiger partial charge on any atom is 0.0583 e. The summed E-state index contributed by atoms with van der Waals surface area (Å²) in [5.41, 5.74) is 0.427. The number of hydrogen-bond acceptors (Lipinski definition) is 2. The number of aliphatic hydroxyl groups is 1. The van der Waals surface area contributed by atoms with Gasteiger partial charge in [0.15, 0.2) is 0 Å². The monoisotopic (exact) mass is 253 g/mol. The van der Waals surface area contributed by atoms with Crippen molar-refractivity contribution < 1.29 is 5.11 Å². The summed E-state index contributed by atoms with van der Waals surface area (Å²) < 4.78 is 0.